The summed E-state index contributed by atoms with van der Waals surface area (Å²) in [6, 6.07) is 3.17. The number of aliphatic carboxylic acids is 1. The normalized spacial score (nSPS) is 8.76. The second kappa shape index (κ2) is 7.29. The summed E-state index contributed by atoms with van der Waals surface area (Å²) < 4.78 is 9.63. The third kappa shape index (κ3) is 5.03. The Hall–Kier alpha value is -2.02. The topological polar surface area (TPSA) is 97.8 Å². The number of ether oxygens (including phenoxy) is 2. The first-order valence-corrected chi connectivity index (χ1v) is 4.30. The molecule has 0 saturated carbocycles. The second-order valence-corrected chi connectivity index (χ2v) is 2.65. The predicted molar refractivity (Wildman–Crippen MR) is 59.7 cm³/mol. The van der Waals surface area contributed by atoms with Gasteiger partial charge in [0.1, 0.15) is 6.54 Å². The maximum Gasteiger partial charge on any atom is 0.414 e. The van der Waals surface area contributed by atoms with Crippen LogP contribution in [-0.4, -0.2) is 35.8 Å². The van der Waals surface area contributed by atoms with E-state index in [9.17, 15) is 9.59 Å². The van der Waals surface area contributed by atoms with Crippen molar-refractivity contribution >= 4 is 24.5 Å². The fourth-order valence-corrected chi connectivity index (χ4v) is 0.880. The molecule has 17 heavy (non-hydrogen) atoms. The monoisotopic (exact) mass is 262 g/mol. The Labute approximate surface area is 103 Å². The van der Waals surface area contributed by atoms with Crippen LogP contribution in [0.25, 0.3) is 0 Å². The van der Waals surface area contributed by atoms with Crippen molar-refractivity contribution in [2.45, 2.75) is 0 Å². The molecule has 1 aromatic rings. The van der Waals surface area contributed by atoms with Gasteiger partial charge in [-0.25, -0.2) is 9.78 Å². The van der Waals surface area contributed by atoms with Gasteiger partial charge in [0.05, 0.1) is 7.11 Å². The molecular formula is C9H11ClN2O5. The summed E-state index contributed by atoms with van der Waals surface area (Å²) in [4.78, 5) is 25.0. The number of carbonyl (C=O) groups is 2. The summed E-state index contributed by atoms with van der Waals surface area (Å²) in [7, 11) is 1.40. The molecule has 1 aromatic heterocycles. The van der Waals surface area contributed by atoms with Crippen LogP contribution in [0.2, 0.25) is 0 Å². The van der Waals surface area contributed by atoms with Crippen molar-refractivity contribution in [1.29, 1.82) is 0 Å². The predicted octanol–water partition coefficient (Wildman–Crippen LogP) is 0.685. The number of carbonyl (C=O) groups excluding carboxylic acids is 1. The van der Waals surface area contributed by atoms with Crippen LogP contribution in [0.1, 0.15) is 0 Å². The number of pyridine rings is 1. The van der Waals surface area contributed by atoms with Crippen LogP contribution in [0.15, 0.2) is 18.3 Å². The Morgan fingerprint density at radius 1 is 1.53 bits per heavy atom. The molecule has 0 saturated heterocycles. The van der Waals surface area contributed by atoms with E-state index in [1.165, 1.54) is 13.3 Å². The molecule has 1 amide bonds. The summed E-state index contributed by atoms with van der Waals surface area (Å²) in [5, 5.41) is 10.3. The molecule has 0 aliphatic carbocycles. The van der Waals surface area contributed by atoms with E-state index < -0.39 is 18.6 Å². The van der Waals surface area contributed by atoms with Gasteiger partial charge < -0.3 is 19.9 Å². The van der Waals surface area contributed by atoms with Crippen LogP contribution in [-0.2, 0) is 4.79 Å². The van der Waals surface area contributed by atoms with E-state index in [4.69, 9.17) is 14.6 Å². The van der Waals surface area contributed by atoms with Gasteiger partial charge in [-0.05, 0) is 12.1 Å². The Morgan fingerprint density at radius 3 is 2.82 bits per heavy atom. The van der Waals surface area contributed by atoms with Gasteiger partial charge in [0, 0.05) is 6.20 Å². The molecule has 0 unspecified atom stereocenters. The smallest absolute Gasteiger partial charge is 0.414 e. The maximum absolute atomic E-state index is 11.1. The van der Waals surface area contributed by atoms with E-state index in [-0.39, 0.29) is 24.0 Å². The van der Waals surface area contributed by atoms with Crippen molar-refractivity contribution in [3.05, 3.63) is 18.3 Å². The Balaban J connectivity index is 0.00000256. The third-order valence-electron chi connectivity index (χ3n) is 1.53. The number of rotatable bonds is 4. The number of aromatic nitrogens is 1. The van der Waals surface area contributed by atoms with Gasteiger partial charge in [0.25, 0.3) is 5.88 Å². The van der Waals surface area contributed by atoms with E-state index >= 15 is 0 Å². The lowest BCUT2D eigenvalue weighted by atomic mass is 10.4. The third-order valence-corrected chi connectivity index (χ3v) is 1.53. The summed E-state index contributed by atoms with van der Waals surface area (Å²) in [6.07, 6.45) is 0.516. The fourth-order valence-electron chi connectivity index (χ4n) is 0.880. The van der Waals surface area contributed by atoms with Crippen LogP contribution in [0.5, 0.6) is 11.6 Å². The summed E-state index contributed by atoms with van der Waals surface area (Å²) in [6.45, 7) is -0.520. The molecule has 7 nitrogen and oxygen atoms in total. The zero-order chi connectivity index (χ0) is 12.0. The first-order valence-electron chi connectivity index (χ1n) is 4.30. The number of halogens is 1. The average Bonchev–Trinajstić information content (AvgIpc) is 2.27. The number of amides is 1. The number of methoxy groups -OCH3 is 1. The quantitative estimate of drug-likeness (QED) is 0.828. The molecule has 8 heteroatoms. The van der Waals surface area contributed by atoms with Gasteiger partial charge in [-0.3, -0.25) is 4.79 Å². The SMILES string of the molecule is COc1cccnc1OC(=O)NCC(=O)O.Cl. The maximum atomic E-state index is 11.1. The van der Waals surface area contributed by atoms with Crippen molar-refractivity contribution in [1.82, 2.24) is 10.3 Å². The van der Waals surface area contributed by atoms with E-state index in [1.807, 2.05) is 5.32 Å². The summed E-state index contributed by atoms with van der Waals surface area (Å²) >= 11 is 0. The standard InChI is InChI=1S/C9H10N2O5.ClH/c1-15-6-3-2-4-10-8(6)16-9(14)11-5-7(12)13;/h2-4H,5H2,1H3,(H,11,14)(H,12,13);1H. The number of carboxylic acids is 1. The lowest BCUT2D eigenvalue weighted by Crippen LogP contribution is -2.32. The van der Waals surface area contributed by atoms with Crippen LogP contribution < -0.4 is 14.8 Å². The molecule has 94 valence electrons. The molecular weight excluding hydrogens is 252 g/mol. The summed E-state index contributed by atoms with van der Waals surface area (Å²) in [5.41, 5.74) is 0. The Bertz CT molecular complexity index is 399. The number of nitrogens with one attached hydrogen (secondary N) is 1. The highest BCUT2D eigenvalue weighted by Crippen LogP contribution is 2.22. The van der Waals surface area contributed by atoms with Crippen molar-refractivity contribution in [3.63, 3.8) is 0 Å². The molecule has 1 rings (SSSR count). The highest BCUT2D eigenvalue weighted by atomic mass is 35.5. The van der Waals surface area contributed by atoms with E-state index in [0.717, 1.165) is 0 Å². The molecule has 1 heterocycles. The number of carboxylic acid groups (broad SMARTS) is 1. The van der Waals surface area contributed by atoms with E-state index in [1.54, 1.807) is 12.1 Å². The average molecular weight is 263 g/mol. The van der Waals surface area contributed by atoms with Crippen LogP contribution in [0.4, 0.5) is 4.79 Å². The number of hydrogen-bond donors (Lipinski definition) is 2. The summed E-state index contributed by atoms with van der Waals surface area (Å²) in [5.74, 6) is -0.897. The van der Waals surface area contributed by atoms with E-state index in [2.05, 4.69) is 4.98 Å². The lowest BCUT2D eigenvalue weighted by Gasteiger charge is -2.07. The highest BCUT2D eigenvalue weighted by molar-refractivity contribution is 5.85. The molecule has 0 radical (unpaired) electrons. The van der Waals surface area contributed by atoms with Gasteiger partial charge in [-0.2, -0.15) is 0 Å². The fraction of sp³-hybridized carbons (Fsp3) is 0.222. The minimum absolute atomic E-state index is 0. The first kappa shape index (κ1) is 15.0. The molecule has 0 aliphatic rings. The molecule has 0 aliphatic heterocycles. The second-order valence-electron chi connectivity index (χ2n) is 2.65. The van der Waals surface area contributed by atoms with Gasteiger partial charge in [-0.1, -0.05) is 0 Å². The van der Waals surface area contributed by atoms with Crippen molar-refractivity contribution < 1.29 is 24.2 Å². The molecule has 0 aromatic carbocycles. The van der Waals surface area contributed by atoms with Gasteiger partial charge in [-0.15, -0.1) is 12.4 Å². The molecule has 0 fully saturated rings. The van der Waals surface area contributed by atoms with Gasteiger partial charge in [0.2, 0.25) is 0 Å². The Kier molecular flexibility index (Phi) is 6.42. The minimum atomic E-state index is -1.16. The first-order chi connectivity index (χ1) is 7.63. The zero-order valence-electron chi connectivity index (χ0n) is 8.87. The van der Waals surface area contributed by atoms with Crippen LogP contribution in [0.3, 0.4) is 0 Å². The molecule has 0 bridgehead atoms. The van der Waals surface area contributed by atoms with E-state index in [0.29, 0.717) is 0 Å². The van der Waals surface area contributed by atoms with Crippen molar-refractivity contribution in [2.75, 3.05) is 13.7 Å². The number of nitrogens with zero attached hydrogens (tertiary/aromatic N) is 1. The molecule has 0 atom stereocenters. The molecule has 2 N–H and O–H groups in total. The zero-order valence-corrected chi connectivity index (χ0v) is 9.69. The van der Waals surface area contributed by atoms with Crippen molar-refractivity contribution in [2.24, 2.45) is 0 Å². The Morgan fingerprint density at radius 2 is 2.24 bits per heavy atom. The van der Waals surface area contributed by atoms with Crippen LogP contribution >= 0.6 is 12.4 Å². The van der Waals surface area contributed by atoms with Gasteiger partial charge >= 0.3 is 12.1 Å². The molecule has 0 spiro atoms. The highest BCUT2D eigenvalue weighted by Gasteiger charge is 2.11. The van der Waals surface area contributed by atoms with Gasteiger partial charge in [0.15, 0.2) is 5.75 Å². The largest absolute Gasteiger partial charge is 0.491 e. The van der Waals surface area contributed by atoms with Crippen LogP contribution in [0, 0.1) is 0 Å². The lowest BCUT2D eigenvalue weighted by molar-refractivity contribution is -0.135. The number of hydrogen-bond acceptors (Lipinski definition) is 5. The van der Waals surface area contributed by atoms with Crippen molar-refractivity contribution in [3.8, 4) is 11.6 Å². The minimum Gasteiger partial charge on any atom is -0.491 e.